The summed E-state index contributed by atoms with van der Waals surface area (Å²) in [6.07, 6.45) is 0.0868. The number of carbonyl (C=O) groups excluding carboxylic acids is 2. The fraction of sp³-hybridized carbons (Fsp3) is 0.250. The molecule has 1 saturated heterocycles. The molecule has 1 aliphatic rings. The maximum absolute atomic E-state index is 12.5. The Hall–Kier alpha value is -2.39. The van der Waals surface area contributed by atoms with E-state index in [9.17, 15) is 22.8 Å². The fourth-order valence-corrected chi connectivity index (χ4v) is 3.63. The molecule has 0 spiro atoms. The molecular weight excluding hydrogens is 423 g/mol. The van der Waals surface area contributed by atoms with Crippen molar-refractivity contribution in [2.24, 2.45) is 0 Å². The minimum absolute atomic E-state index is 0.0764. The zero-order valence-electron chi connectivity index (χ0n) is 15.4. The number of carbonyl (C=O) groups is 2. The van der Waals surface area contributed by atoms with Crippen molar-refractivity contribution in [3.8, 4) is 0 Å². The van der Waals surface area contributed by atoms with Crippen LogP contribution in [0, 0.1) is 0 Å². The number of ether oxygens (including phenoxy) is 1. The summed E-state index contributed by atoms with van der Waals surface area (Å²) in [5.74, 6) is -1.14. The molecule has 0 N–H and O–H groups in total. The molecule has 0 bridgehead atoms. The molecule has 1 amide bonds. The highest BCUT2D eigenvalue weighted by atomic mass is 32.2. The first-order valence-electron chi connectivity index (χ1n) is 8.54. The smallest absolute Gasteiger partial charge is 0.409 e. The number of hydrogen-bond donors (Lipinski definition) is 0. The average Bonchev–Trinajstić information content (AvgIpc) is 2.88. The maximum atomic E-state index is 12.5. The standard InChI is InChI=1S/C20H18F3NO3S2/c1-14(11-15-7-3-2-4-8-15)12-16-18(26)24(19(28)29-16)13-17(25)27-10-6-5-9-20(21,22)23/h2-5,7-9,11-12H,6,10,13H2,1H3/b9-5?,14-11+,16-12?. The lowest BCUT2D eigenvalue weighted by Crippen LogP contribution is -2.34. The van der Waals surface area contributed by atoms with Gasteiger partial charge in [0.05, 0.1) is 11.5 Å². The van der Waals surface area contributed by atoms with E-state index < -0.39 is 18.1 Å². The summed E-state index contributed by atoms with van der Waals surface area (Å²) in [4.78, 5) is 25.9. The third kappa shape index (κ3) is 7.86. The van der Waals surface area contributed by atoms with Crippen molar-refractivity contribution in [2.45, 2.75) is 19.5 Å². The van der Waals surface area contributed by atoms with Gasteiger partial charge in [-0.3, -0.25) is 14.5 Å². The SMILES string of the molecule is C/C(C=C1SC(=S)N(CC(=O)OCCC=CC(F)(F)F)C1=O)=C\c1ccccc1. The number of benzene rings is 1. The molecule has 0 unspecified atom stereocenters. The first kappa shape index (κ1) is 22.9. The molecule has 1 heterocycles. The zero-order valence-corrected chi connectivity index (χ0v) is 17.1. The topological polar surface area (TPSA) is 46.6 Å². The Morgan fingerprint density at radius 3 is 2.62 bits per heavy atom. The highest BCUT2D eigenvalue weighted by Crippen LogP contribution is 2.32. The summed E-state index contributed by atoms with van der Waals surface area (Å²) >= 11 is 6.24. The summed E-state index contributed by atoms with van der Waals surface area (Å²) in [5, 5.41) is 0. The van der Waals surface area contributed by atoms with Crippen LogP contribution in [0.4, 0.5) is 13.2 Å². The number of allylic oxidation sites excluding steroid dienone is 3. The molecule has 4 nitrogen and oxygen atoms in total. The molecule has 0 aromatic heterocycles. The van der Waals surface area contributed by atoms with Gasteiger partial charge in [0.25, 0.3) is 5.91 Å². The summed E-state index contributed by atoms with van der Waals surface area (Å²) in [6.45, 7) is 1.25. The number of alkyl halides is 3. The number of thiocarbonyl (C=S) groups is 1. The van der Waals surface area contributed by atoms with E-state index in [-0.39, 0.29) is 30.0 Å². The van der Waals surface area contributed by atoms with E-state index in [1.807, 2.05) is 43.3 Å². The van der Waals surface area contributed by atoms with Crippen LogP contribution in [0.25, 0.3) is 6.08 Å². The third-order valence-corrected chi connectivity index (χ3v) is 4.95. The fourth-order valence-electron chi connectivity index (χ4n) is 2.33. The van der Waals surface area contributed by atoms with Crippen LogP contribution in [-0.4, -0.2) is 40.4 Å². The van der Waals surface area contributed by atoms with Gasteiger partial charge in [0, 0.05) is 6.08 Å². The van der Waals surface area contributed by atoms with Gasteiger partial charge in [-0.05, 0) is 30.6 Å². The Labute approximate surface area is 176 Å². The molecule has 154 valence electrons. The van der Waals surface area contributed by atoms with Gasteiger partial charge in [0.1, 0.15) is 10.9 Å². The largest absolute Gasteiger partial charge is 0.464 e. The highest BCUT2D eigenvalue weighted by molar-refractivity contribution is 8.26. The van der Waals surface area contributed by atoms with Crippen LogP contribution in [0.15, 0.2) is 59.0 Å². The molecule has 2 rings (SSSR count). The number of nitrogens with zero attached hydrogens (tertiary/aromatic N) is 1. The minimum Gasteiger partial charge on any atom is -0.464 e. The van der Waals surface area contributed by atoms with E-state index in [4.69, 9.17) is 17.0 Å². The molecule has 0 aliphatic carbocycles. The number of esters is 1. The van der Waals surface area contributed by atoms with Gasteiger partial charge >= 0.3 is 12.1 Å². The van der Waals surface area contributed by atoms with E-state index in [1.54, 1.807) is 6.08 Å². The Kier molecular flexibility index (Phi) is 8.21. The Bertz CT molecular complexity index is 861. The maximum Gasteiger partial charge on any atom is 0.409 e. The minimum atomic E-state index is -4.40. The molecule has 1 aliphatic heterocycles. The third-order valence-electron chi connectivity index (χ3n) is 3.57. The average molecular weight is 441 g/mol. The van der Waals surface area contributed by atoms with Gasteiger partial charge in [0.15, 0.2) is 0 Å². The molecule has 29 heavy (non-hydrogen) atoms. The number of thioether (sulfide) groups is 1. The number of amides is 1. The van der Waals surface area contributed by atoms with Gasteiger partial charge in [0.2, 0.25) is 0 Å². The second-order valence-electron chi connectivity index (χ2n) is 6.02. The van der Waals surface area contributed by atoms with E-state index in [2.05, 4.69) is 0 Å². The second kappa shape index (κ2) is 10.4. The lowest BCUT2D eigenvalue weighted by Gasteiger charge is -2.13. The quantitative estimate of drug-likeness (QED) is 0.198. The molecule has 0 saturated carbocycles. The molecule has 1 fully saturated rings. The van der Waals surface area contributed by atoms with E-state index >= 15 is 0 Å². The molecule has 1 aromatic carbocycles. The van der Waals surface area contributed by atoms with Crippen LogP contribution in [0.5, 0.6) is 0 Å². The van der Waals surface area contributed by atoms with Crippen LogP contribution < -0.4 is 0 Å². The number of halogens is 3. The Morgan fingerprint density at radius 2 is 1.97 bits per heavy atom. The van der Waals surface area contributed by atoms with E-state index in [0.29, 0.717) is 4.91 Å². The van der Waals surface area contributed by atoms with Crippen molar-refractivity contribution in [3.63, 3.8) is 0 Å². The van der Waals surface area contributed by atoms with Crippen LogP contribution >= 0.6 is 24.0 Å². The number of rotatable bonds is 7. The highest BCUT2D eigenvalue weighted by Gasteiger charge is 2.33. The summed E-state index contributed by atoms with van der Waals surface area (Å²) in [6, 6.07) is 9.58. The molecule has 1 aromatic rings. The molecule has 0 radical (unpaired) electrons. The van der Waals surface area contributed by atoms with Crippen molar-refractivity contribution >= 4 is 46.3 Å². The van der Waals surface area contributed by atoms with Crippen LogP contribution in [0.1, 0.15) is 18.9 Å². The van der Waals surface area contributed by atoms with Crippen molar-refractivity contribution in [1.82, 2.24) is 4.90 Å². The van der Waals surface area contributed by atoms with Crippen molar-refractivity contribution in [2.75, 3.05) is 13.2 Å². The summed E-state index contributed by atoms with van der Waals surface area (Å²) in [5.41, 5.74) is 1.83. The van der Waals surface area contributed by atoms with Crippen molar-refractivity contribution < 1.29 is 27.5 Å². The molecule has 9 heteroatoms. The predicted octanol–water partition coefficient (Wildman–Crippen LogP) is 4.89. The second-order valence-corrected chi connectivity index (χ2v) is 7.70. The Balaban J connectivity index is 1.90. The molecular formula is C20H18F3NO3S2. The zero-order chi connectivity index (χ0) is 21.4. The monoisotopic (exact) mass is 441 g/mol. The van der Waals surface area contributed by atoms with Gasteiger partial charge in [-0.2, -0.15) is 13.2 Å². The first-order valence-corrected chi connectivity index (χ1v) is 9.77. The summed E-state index contributed by atoms with van der Waals surface area (Å²) in [7, 11) is 0. The predicted molar refractivity (Wildman–Crippen MR) is 111 cm³/mol. The lowest BCUT2D eigenvalue weighted by atomic mass is 10.1. The summed E-state index contributed by atoms with van der Waals surface area (Å²) < 4.78 is 41.0. The normalized spacial score (nSPS) is 16.9. The van der Waals surface area contributed by atoms with E-state index in [1.165, 1.54) is 0 Å². The van der Waals surface area contributed by atoms with Gasteiger partial charge in [-0.15, -0.1) is 0 Å². The van der Waals surface area contributed by atoms with Crippen LogP contribution in [-0.2, 0) is 14.3 Å². The first-order chi connectivity index (χ1) is 13.7. The van der Waals surface area contributed by atoms with E-state index in [0.717, 1.165) is 33.9 Å². The van der Waals surface area contributed by atoms with Crippen molar-refractivity contribution in [3.05, 3.63) is 64.6 Å². The number of hydrogen-bond acceptors (Lipinski definition) is 5. The van der Waals surface area contributed by atoms with Gasteiger partial charge < -0.3 is 4.74 Å². The van der Waals surface area contributed by atoms with Crippen LogP contribution in [0.2, 0.25) is 0 Å². The van der Waals surface area contributed by atoms with Crippen LogP contribution in [0.3, 0.4) is 0 Å². The van der Waals surface area contributed by atoms with Crippen molar-refractivity contribution in [1.29, 1.82) is 0 Å². The lowest BCUT2D eigenvalue weighted by molar-refractivity contribution is -0.146. The molecule has 0 atom stereocenters. The Morgan fingerprint density at radius 1 is 1.28 bits per heavy atom. The van der Waals surface area contributed by atoms with Gasteiger partial charge in [-0.25, -0.2) is 0 Å². The van der Waals surface area contributed by atoms with Gasteiger partial charge in [-0.1, -0.05) is 66.5 Å².